The number of carbonyl (C=O) groups is 1. The van der Waals surface area contributed by atoms with Crippen LogP contribution in [0.3, 0.4) is 0 Å². The van der Waals surface area contributed by atoms with Crippen molar-refractivity contribution in [3.63, 3.8) is 0 Å². The summed E-state index contributed by atoms with van der Waals surface area (Å²) >= 11 is 3.06. The summed E-state index contributed by atoms with van der Waals surface area (Å²) < 4.78 is 19.6. The third-order valence-corrected chi connectivity index (χ3v) is 3.63. The Balaban J connectivity index is 4.33. The molecular formula is C6H13BrO5Si. The monoisotopic (exact) mass is 272 g/mol. The van der Waals surface area contributed by atoms with Crippen molar-refractivity contribution in [1.82, 2.24) is 0 Å². The Bertz CT molecular complexity index is 162. The standard InChI is InChI=1S/C6H13BrO5Si/c1-5(7)6(8)12-13(9-2,10-3)11-4/h5H,1-4H3. The fraction of sp³-hybridized carbons (Fsp3) is 0.833. The first-order chi connectivity index (χ1) is 6.01. The van der Waals surface area contributed by atoms with Crippen molar-refractivity contribution >= 4 is 30.9 Å². The molecule has 0 aliphatic carbocycles. The molecule has 0 radical (unpaired) electrons. The lowest BCUT2D eigenvalue weighted by molar-refractivity contribution is -0.141. The topological polar surface area (TPSA) is 54.0 Å². The summed E-state index contributed by atoms with van der Waals surface area (Å²) in [5, 5.41) is 0. The minimum Gasteiger partial charge on any atom is -0.451 e. The maximum absolute atomic E-state index is 11.2. The van der Waals surface area contributed by atoms with E-state index in [-0.39, 0.29) is 0 Å². The summed E-state index contributed by atoms with van der Waals surface area (Å²) in [7, 11) is 0.877. The van der Waals surface area contributed by atoms with E-state index in [1.807, 2.05) is 0 Å². The van der Waals surface area contributed by atoms with E-state index in [1.54, 1.807) is 6.92 Å². The lowest BCUT2D eigenvalue weighted by Crippen LogP contribution is -2.49. The van der Waals surface area contributed by atoms with Crippen LogP contribution in [-0.2, 0) is 22.5 Å². The quantitative estimate of drug-likeness (QED) is 0.545. The molecule has 0 aromatic carbocycles. The summed E-state index contributed by atoms with van der Waals surface area (Å²) in [6, 6.07) is 0. The maximum Gasteiger partial charge on any atom is 0.750 e. The molecular weight excluding hydrogens is 260 g/mol. The van der Waals surface area contributed by atoms with Gasteiger partial charge < -0.3 is 17.7 Å². The number of carbonyl (C=O) groups excluding carboxylic acids is 1. The van der Waals surface area contributed by atoms with Crippen molar-refractivity contribution in [1.29, 1.82) is 0 Å². The molecule has 0 saturated carbocycles. The Morgan fingerprint density at radius 1 is 1.23 bits per heavy atom. The SMILES string of the molecule is CO[Si](OC)(OC)OC(=O)C(C)Br. The Kier molecular flexibility index (Phi) is 5.73. The molecule has 0 saturated heterocycles. The highest BCUT2D eigenvalue weighted by molar-refractivity contribution is 9.10. The molecule has 5 nitrogen and oxygen atoms in total. The van der Waals surface area contributed by atoms with Crippen LogP contribution in [0.15, 0.2) is 0 Å². The average Bonchev–Trinajstić information content (AvgIpc) is 2.14. The van der Waals surface area contributed by atoms with Crippen LogP contribution in [0.25, 0.3) is 0 Å². The third kappa shape index (κ3) is 3.73. The second-order valence-corrected chi connectivity index (χ2v) is 5.95. The van der Waals surface area contributed by atoms with Gasteiger partial charge in [0.25, 0.3) is 0 Å². The zero-order valence-corrected chi connectivity index (χ0v) is 10.6. The Morgan fingerprint density at radius 3 is 1.85 bits per heavy atom. The maximum atomic E-state index is 11.2. The first kappa shape index (κ1) is 13.0. The molecule has 13 heavy (non-hydrogen) atoms. The smallest absolute Gasteiger partial charge is 0.451 e. The highest BCUT2D eigenvalue weighted by atomic mass is 79.9. The first-order valence-corrected chi connectivity index (χ1v) is 6.08. The highest BCUT2D eigenvalue weighted by Crippen LogP contribution is 2.11. The van der Waals surface area contributed by atoms with E-state index < -0.39 is 19.8 Å². The molecule has 0 heterocycles. The average molecular weight is 273 g/mol. The van der Waals surface area contributed by atoms with Crippen molar-refractivity contribution in [3.8, 4) is 0 Å². The summed E-state index contributed by atoms with van der Waals surface area (Å²) in [4.78, 5) is 10.7. The van der Waals surface area contributed by atoms with Gasteiger partial charge in [-0.05, 0) is 6.92 Å². The van der Waals surface area contributed by atoms with Gasteiger partial charge in [0, 0.05) is 21.3 Å². The minimum atomic E-state index is -3.22. The Hall–Kier alpha value is 0.0469. The van der Waals surface area contributed by atoms with E-state index in [9.17, 15) is 4.79 Å². The normalized spacial score (nSPS) is 13.9. The van der Waals surface area contributed by atoms with E-state index >= 15 is 0 Å². The molecule has 0 rings (SSSR count). The second-order valence-electron chi connectivity index (χ2n) is 2.15. The lowest BCUT2D eigenvalue weighted by atomic mass is 10.5. The Morgan fingerprint density at radius 2 is 1.62 bits per heavy atom. The zero-order valence-electron chi connectivity index (χ0n) is 8.00. The highest BCUT2D eigenvalue weighted by Gasteiger charge is 2.47. The van der Waals surface area contributed by atoms with Crippen molar-refractivity contribution in [2.24, 2.45) is 0 Å². The van der Waals surface area contributed by atoms with Gasteiger partial charge in [0.15, 0.2) is 0 Å². The molecule has 0 amide bonds. The number of halogens is 1. The predicted molar refractivity (Wildman–Crippen MR) is 51.3 cm³/mol. The molecule has 0 aliphatic rings. The summed E-state index contributed by atoms with van der Waals surface area (Å²) in [6.07, 6.45) is 0. The molecule has 0 spiro atoms. The van der Waals surface area contributed by atoms with Gasteiger partial charge in [-0.15, -0.1) is 0 Å². The van der Waals surface area contributed by atoms with Crippen LogP contribution in [0.1, 0.15) is 6.92 Å². The van der Waals surface area contributed by atoms with Crippen LogP contribution < -0.4 is 0 Å². The Labute approximate surface area is 86.9 Å². The number of hydrogen-bond donors (Lipinski definition) is 0. The van der Waals surface area contributed by atoms with E-state index in [2.05, 4.69) is 15.9 Å². The van der Waals surface area contributed by atoms with Crippen molar-refractivity contribution in [3.05, 3.63) is 0 Å². The van der Waals surface area contributed by atoms with Crippen molar-refractivity contribution in [2.45, 2.75) is 11.8 Å². The molecule has 1 unspecified atom stereocenters. The zero-order chi connectivity index (χ0) is 10.5. The number of alkyl halides is 1. The van der Waals surface area contributed by atoms with E-state index in [0.29, 0.717) is 0 Å². The van der Waals surface area contributed by atoms with E-state index in [4.69, 9.17) is 17.7 Å². The van der Waals surface area contributed by atoms with E-state index in [0.717, 1.165) is 0 Å². The molecule has 0 fully saturated rings. The summed E-state index contributed by atoms with van der Waals surface area (Å²) in [6.45, 7) is 1.64. The van der Waals surface area contributed by atoms with Gasteiger partial charge in [0.1, 0.15) is 4.83 Å². The van der Waals surface area contributed by atoms with Crippen molar-refractivity contribution < 1.29 is 22.5 Å². The van der Waals surface area contributed by atoms with E-state index in [1.165, 1.54) is 21.3 Å². The van der Waals surface area contributed by atoms with Crippen LogP contribution >= 0.6 is 15.9 Å². The molecule has 1 atom stereocenters. The molecule has 0 N–H and O–H groups in total. The molecule has 0 bridgehead atoms. The van der Waals surface area contributed by atoms with Gasteiger partial charge in [0.05, 0.1) is 0 Å². The van der Waals surface area contributed by atoms with Gasteiger partial charge in [-0.3, -0.25) is 4.79 Å². The van der Waals surface area contributed by atoms with Crippen LogP contribution in [0.4, 0.5) is 0 Å². The fourth-order valence-corrected chi connectivity index (χ4v) is 2.02. The van der Waals surface area contributed by atoms with Crippen LogP contribution in [-0.4, -0.2) is 41.2 Å². The molecule has 78 valence electrons. The largest absolute Gasteiger partial charge is 0.750 e. The summed E-state index contributed by atoms with van der Waals surface area (Å²) in [5.41, 5.74) is 0. The van der Waals surface area contributed by atoms with Crippen LogP contribution in [0.5, 0.6) is 0 Å². The molecule has 0 aromatic heterocycles. The van der Waals surface area contributed by atoms with Gasteiger partial charge in [-0.2, -0.15) is 0 Å². The van der Waals surface area contributed by atoms with Crippen LogP contribution in [0, 0.1) is 0 Å². The number of rotatable bonds is 5. The van der Waals surface area contributed by atoms with Crippen molar-refractivity contribution in [2.75, 3.05) is 21.3 Å². The van der Waals surface area contributed by atoms with Gasteiger partial charge in [0.2, 0.25) is 0 Å². The number of hydrogen-bond acceptors (Lipinski definition) is 5. The van der Waals surface area contributed by atoms with Gasteiger partial charge in [-0.1, -0.05) is 15.9 Å². The van der Waals surface area contributed by atoms with Crippen LogP contribution in [0.2, 0.25) is 0 Å². The van der Waals surface area contributed by atoms with Gasteiger partial charge >= 0.3 is 15.0 Å². The fourth-order valence-electron chi connectivity index (χ4n) is 0.579. The third-order valence-electron chi connectivity index (χ3n) is 1.30. The first-order valence-electron chi connectivity index (χ1n) is 3.53. The summed E-state index contributed by atoms with van der Waals surface area (Å²) in [5.74, 6) is -0.475. The minimum absolute atomic E-state index is 0.417. The molecule has 7 heteroatoms. The predicted octanol–water partition coefficient (Wildman–Crippen LogP) is 0.688. The van der Waals surface area contributed by atoms with Gasteiger partial charge in [-0.25, -0.2) is 0 Å². The second kappa shape index (κ2) is 5.71. The molecule has 0 aliphatic heterocycles. The molecule has 0 aromatic rings. The lowest BCUT2D eigenvalue weighted by Gasteiger charge is -2.22.